The summed E-state index contributed by atoms with van der Waals surface area (Å²) in [7, 11) is 0. The fourth-order valence-corrected chi connectivity index (χ4v) is 6.41. The molecule has 0 saturated carbocycles. The van der Waals surface area contributed by atoms with Crippen molar-refractivity contribution in [2.24, 2.45) is 23.7 Å². The molecule has 0 heterocycles. The Kier molecular flexibility index (Phi) is 30.1. The van der Waals surface area contributed by atoms with Gasteiger partial charge in [0.05, 0.1) is 6.07 Å². The molecule has 0 bridgehead atoms. The normalized spacial score (nSPS) is 14.7. The van der Waals surface area contributed by atoms with Crippen LogP contribution in [0.4, 0.5) is 0 Å². The monoisotopic (exact) mass is 546 g/mol. The van der Waals surface area contributed by atoms with Crippen LogP contribution in [0.3, 0.4) is 0 Å². The van der Waals surface area contributed by atoms with Crippen LogP contribution in [0.5, 0.6) is 0 Å². The summed E-state index contributed by atoms with van der Waals surface area (Å²) in [5, 5.41) is 8.55. The van der Waals surface area contributed by atoms with Gasteiger partial charge in [-0.1, -0.05) is 202 Å². The zero-order valence-corrected chi connectivity index (χ0v) is 28.1. The maximum Gasteiger partial charge on any atom is 0.0621 e. The zero-order chi connectivity index (χ0) is 28.8. The fourth-order valence-electron chi connectivity index (χ4n) is 6.41. The van der Waals surface area contributed by atoms with Crippen molar-refractivity contribution >= 4 is 0 Å². The van der Waals surface area contributed by atoms with Crippen LogP contribution in [0.1, 0.15) is 214 Å². The number of hydrogen-bond donors (Lipinski definition) is 0. The summed E-state index contributed by atoms with van der Waals surface area (Å²) in [6.07, 6.45) is 39.0. The molecule has 0 aromatic rings. The highest BCUT2D eigenvalue weighted by molar-refractivity contribution is 4.67. The van der Waals surface area contributed by atoms with Gasteiger partial charge in [-0.05, 0) is 30.1 Å². The van der Waals surface area contributed by atoms with Gasteiger partial charge in [0.15, 0.2) is 0 Å². The molecule has 39 heavy (non-hydrogen) atoms. The van der Waals surface area contributed by atoms with Crippen LogP contribution in [-0.4, -0.2) is 0 Å². The third-order valence-corrected chi connectivity index (χ3v) is 9.47. The predicted octanol–water partition coefficient (Wildman–Crippen LogP) is 14.0. The topological polar surface area (TPSA) is 23.8 Å². The number of nitriles is 1. The molecule has 0 aliphatic carbocycles. The van der Waals surface area contributed by atoms with Crippen molar-refractivity contribution < 1.29 is 0 Å². The van der Waals surface area contributed by atoms with Gasteiger partial charge in [-0.25, -0.2) is 0 Å². The predicted molar refractivity (Wildman–Crippen MR) is 177 cm³/mol. The molecule has 0 aliphatic rings. The highest BCUT2D eigenvalue weighted by atomic mass is 14.2. The summed E-state index contributed by atoms with van der Waals surface area (Å²) < 4.78 is 0. The van der Waals surface area contributed by atoms with E-state index < -0.39 is 0 Å². The van der Waals surface area contributed by atoms with E-state index in [1.54, 1.807) is 0 Å². The second kappa shape index (κ2) is 30.4. The number of hydrogen-bond acceptors (Lipinski definition) is 1. The van der Waals surface area contributed by atoms with Crippen LogP contribution in [0, 0.1) is 35.0 Å². The molecule has 1 heteroatoms. The molecular formula is C38H75N. The molecule has 0 aromatic carbocycles. The lowest BCUT2D eigenvalue weighted by Crippen LogP contribution is -2.02. The first-order chi connectivity index (χ1) is 19.0. The number of rotatable bonds is 31. The lowest BCUT2D eigenvalue weighted by Gasteiger charge is -2.17. The molecule has 0 fully saturated rings. The molecule has 0 amide bonds. The highest BCUT2D eigenvalue weighted by Crippen LogP contribution is 2.24. The molecule has 4 atom stereocenters. The van der Waals surface area contributed by atoms with Gasteiger partial charge in [-0.2, -0.15) is 5.26 Å². The van der Waals surface area contributed by atoms with Gasteiger partial charge in [-0.15, -0.1) is 0 Å². The molecule has 4 unspecified atom stereocenters. The van der Waals surface area contributed by atoms with Gasteiger partial charge in [0.1, 0.15) is 0 Å². The van der Waals surface area contributed by atoms with E-state index in [0.29, 0.717) is 0 Å². The van der Waals surface area contributed by atoms with Gasteiger partial charge in [0.25, 0.3) is 0 Å². The average Bonchev–Trinajstić information content (AvgIpc) is 2.91. The molecule has 232 valence electrons. The van der Waals surface area contributed by atoms with E-state index in [0.717, 1.165) is 36.5 Å². The third-order valence-electron chi connectivity index (χ3n) is 9.47. The lowest BCUT2D eigenvalue weighted by molar-refractivity contribution is 0.365. The minimum atomic E-state index is 0.747. The molecule has 0 rings (SSSR count). The molecule has 0 saturated heterocycles. The van der Waals surface area contributed by atoms with Crippen molar-refractivity contribution in [2.45, 2.75) is 214 Å². The van der Waals surface area contributed by atoms with Crippen LogP contribution in [0.15, 0.2) is 0 Å². The third kappa shape index (κ3) is 30.3. The van der Waals surface area contributed by atoms with Crippen molar-refractivity contribution in [1.82, 2.24) is 0 Å². The van der Waals surface area contributed by atoms with Crippen LogP contribution in [-0.2, 0) is 0 Å². The molecule has 1 nitrogen and oxygen atoms in total. The Morgan fingerprint density at radius 1 is 0.359 bits per heavy atom. The van der Waals surface area contributed by atoms with Gasteiger partial charge in [0.2, 0.25) is 0 Å². The maximum absolute atomic E-state index is 8.55. The Morgan fingerprint density at radius 3 is 0.923 bits per heavy atom. The summed E-state index contributed by atoms with van der Waals surface area (Å²) in [5.41, 5.74) is 0. The molecular weight excluding hydrogens is 470 g/mol. The molecule has 0 aliphatic heterocycles. The van der Waals surface area contributed by atoms with Crippen LogP contribution >= 0.6 is 0 Å². The van der Waals surface area contributed by atoms with E-state index in [1.807, 2.05) is 0 Å². The molecule has 0 N–H and O–H groups in total. The quantitative estimate of drug-likeness (QED) is 0.0794. The van der Waals surface area contributed by atoms with Gasteiger partial charge in [0, 0.05) is 6.42 Å². The number of unbranched alkanes of at least 4 members (excludes halogenated alkanes) is 15. The Morgan fingerprint density at radius 2 is 0.615 bits per heavy atom. The van der Waals surface area contributed by atoms with Crippen molar-refractivity contribution in [3.05, 3.63) is 0 Å². The van der Waals surface area contributed by atoms with Crippen molar-refractivity contribution in [2.75, 3.05) is 0 Å². The zero-order valence-electron chi connectivity index (χ0n) is 28.1. The first kappa shape index (κ1) is 38.5. The summed E-state index contributed by atoms with van der Waals surface area (Å²) in [5.74, 6) is 3.74. The Bertz CT molecular complexity index is 505. The Hall–Kier alpha value is -0.510. The van der Waals surface area contributed by atoms with E-state index in [1.165, 1.54) is 167 Å². The number of nitrogens with zero attached hydrogens (tertiary/aromatic N) is 1. The van der Waals surface area contributed by atoms with Crippen molar-refractivity contribution in [1.29, 1.82) is 5.26 Å². The van der Waals surface area contributed by atoms with Gasteiger partial charge >= 0.3 is 0 Å². The largest absolute Gasteiger partial charge is 0.198 e. The molecule has 0 radical (unpaired) electrons. The maximum atomic E-state index is 8.55. The van der Waals surface area contributed by atoms with Gasteiger partial charge < -0.3 is 0 Å². The minimum absolute atomic E-state index is 0.747. The van der Waals surface area contributed by atoms with E-state index in [9.17, 15) is 0 Å². The summed E-state index contributed by atoms with van der Waals surface area (Å²) in [6.45, 7) is 12.3. The Labute approximate surface area is 249 Å². The minimum Gasteiger partial charge on any atom is -0.198 e. The summed E-state index contributed by atoms with van der Waals surface area (Å²) >= 11 is 0. The second-order valence-corrected chi connectivity index (χ2v) is 14.0. The molecule has 0 spiro atoms. The summed E-state index contributed by atoms with van der Waals surface area (Å²) in [6, 6.07) is 2.25. The highest BCUT2D eigenvalue weighted by Gasteiger charge is 2.09. The van der Waals surface area contributed by atoms with Crippen molar-refractivity contribution in [3.63, 3.8) is 0 Å². The standard InChI is InChI=1S/C38H75N/c1-6-7-20-26-35(2)28-23-30-37(4)32-25-33-38(5)31-24-29-36(3)27-21-18-16-14-12-10-8-9-11-13-15-17-19-22-34-39/h35-38H,6-33H2,1-5H3. The SMILES string of the molecule is CCCCCC(C)CCCC(C)CCCC(C)CCCC(C)CCCCCCCCCCCCCCCC#N. The fraction of sp³-hybridized carbons (Fsp3) is 0.974. The van der Waals surface area contributed by atoms with Gasteiger partial charge in [-0.3, -0.25) is 0 Å². The Balaban J connectivity index is 3.42. The van der Waals surface area contributed by atoms with E-state index >= 15 is 0 Å². The average molecular weight is 546 g/mol. The van der Waals surface area contributed by atoms with E-state index in [-0.39, 0.29) is 0 Å². The first-order valence-electron chi connectivity index (χ1n) is 18.4. The van der Waals surface area contributed by atoms with E-state index in [4.69, 9.17) is 5.26 Å². The van der Waals surface area contributed by atoms with Crippen LogP contribution in [0.25, 0.3) is 0 Å². The lowest BCUT2D eigenvalue weighted by atomic mass is 9.89. The second-order valence-electron chi connectivity index (χ2n) is 14.0. The van der Waals surface area contributed by atoms with Crippen LogP contribution < -0.4 is 0 Å². The van der Waals surface area contributed by atoms with Crippen molar-refractivity contribution in [3.8, 4) is 6.07 Å². The van der Waals surface area contributed by atoms with Crippen LogP contribution in [0.2, 0.25) is 0 Å². The summed E-state index contributed by atoms with van der Waals surface area (Å²) in [4.78, 5) is 0. The molecule has 0 aromatic heterocycles. The first-order valence-corrected chi connectivity index (χ1v) is 18.4. The smallest absolute Gasteiger partial charge is 0.0621 e. The van der Waals surface area contributed by atoms with E-state index in [2.05, 4.69) is 40.7 Å².